The molecule has 0 saturated heterocycles. The fourth-order valence-corrected chi connectivity index (χ4v) is 4.29. The summed E-state index contributed by atoms with van der Waals surface area (Å²) in [6, 6.07) is 12.3. The van der Waals surface area contributed by atoms with Crippen LogP contribution in [0.4, 0.5) is 4.39 Å². The van der Waals surface area contributed by atoms with Gasteiger partial charge in [0.1, 0.15) is 11.5 Å². The number of tetrazole rings is 1. The summed E-state index contributed by atoms with van der Waals surface area (Å²) >= 11 is 7.82. The van der Waals surface area contributed by atoms with Gasteiger partial charge in [-0.15, -0.1) is 15.3 Å². The summed E-state index contributed by atoms with van der Waals surface area (Å²) in [5.74, 6) is 1.17. The van der Waals surface area contributed by atoms with Crippen molar-refractivity contribution in [2.24, 2.45) is 0 Å². The van der Waals surface area contributed by atoms with Gasteiger partial charge in [0.05, 0.1) is 10.8 Å². The largest absolute Gasteiger partial charge is 0.385 e. The Labute approximate surface area is 193 Å². The summed E-state index contributed by atoms with van der Waals surface area (Å²) in [5, 5.41) is 21.8. The van der Waals surface area contributed by atoms with E-state index in [0.29, 0.717) is 46.4 Å². The van der Waals surface area contributed by atoms with E-state index in [-0.39, 0.29) is 0 Å². The molecule has 0 unspecified atom stereocenters. The normalized spacial score (nSPS) is 11.2. The Morgan fingerprint density at radius 2 is 1.97 bits per heavy atom. The predicted octanol–water partition coefficient (Wildman–Crippen LogP) is 4.35. The van der Waals surface area contributed by atoms with Crippen molar-refractivity contribution in [2.75, 3.05) is 13.7 Å². The van der Waals surface area contributed by atoms with E-state index in [0.717, 1.165) is 17.5 Å². The van der Waals surface area contributed by atoms with Crippen molar-refractivity contribution in [1.29, 1.82) is 0 Å². The molecule has 0 aliphatic rings. The second kappa shape index (κ2) is 10.2. The number of nitrogens with zero attached hydrogens (tertiary/aromatic N) is 7. The van der Waals surface area contributed by atoms with Crippen LogP contribution in [0.15, 0.2) is 47.6 Å². The van der Waals surface area contributed by atoms with E-state index in [2.05, 4.69) is 25.7 Å². The van der Waals surface area contributed by atoms with Crippen LogP contribution in [-0.2, 0) is 17.0 Å². The lowest BCUT2D eigenvalue weighted by Gasteiger charge is -2.11. The molecule has 2 heterocycles. The first-order valence-corrected chi connectivity index (χ1v) is 11.3. The number of thioether (sulfide) groups is 1. The predicted molar refractivity (Wildman–Crippen MR) is 120 cm³/mol. The fourth-order valence-electron chi connectivity index (χ4n) is 3.20. The second-order valence-corrected chi connectivity index (χ2v) is 8.38. The van der Waals surface area contributed by atoms with E-state index in [1.54, 1.807) is 19.2 Å². The molecule has 0 amide bonds. The van der Waals surface area contributed by atoms with E-state index in [1.807, 2.05) is 35.8 Å². The Balaban J connectivity index is 1.61. The number of aryl methyl sites for hydroxylation is 1. The molecule has 4 rings (SSSR count). The van der Waals surface area contributed by atoms with Gasteiger partial charge in [0.25, 0.3) is 0 Å². The Bertz CT molecular complexity index is 1210. The van der Waals surface area contributed by atoms with Gasteiger partial charge in [-0.1, -0.05) is 41.6 Å². The molecule has 8 nitrogen and oxygen atoms in total. The smallest absolute Gasteiger partial charge is 0.191 e. The molecule has 0 fully saturated rings. The highest BCUT2D eigenvalue weighted by molar-refractivity contribution is 7.98. The zero-order valence-electron chi connectivity index (χ0n) is 17.6. The molecule has 0 N–H and O–H groups in total. The van der Waals surface area contributed by atoms with Crippen LogP contribution in [0.1, 0.15) is 17.8 Å². The summed E-state index contributed by atoms with van der Waals surface area (Å²) in [5.41, 5.74) is 2.03. The lowest BCUT2D eigenvalue weighted by Crippen LogP contribution is -2.07. The van der Waals surface area contributed by atoms with Crippen molar-refractivity contribution < 1.29 is 9.13 Å². The maximum atomic E-state index is 14.4. The van der Waals surface area contributed by atoms with E-state index < -0.39 is 5.82 Å². The molecule has 2 aromatic carbocycles. The molecule has 11 heteroatoms. The molecule has 0 spiro atoms. The highest BCUT2D eigenvalue weighted by Gasteiger charge is 2.19. The van der Waals surface area contributed by atoms with Gasteiger partial charge >= 0.3 is 0 Å². The summed E-state index contributed by atoms with van der Waals surface area (Å²) in [6.07, 6.45) is 0.784. The number of aromatic nitrogens is 7. The van der Waals surface area contributed by atoms with Crippen LogP contribution in [0.25, 0.3) is 17.1 Å². The fraction of sp³-hybridized carbons (Fsp3) is 0.286. The average Bonchev–Trinajstić information content (AvgIpc) is 3.41. The maximum absolute atomic E-state index is 14.4. The second-order valence-electron chi connectivity index (χ2n) is 7.03. The summed E-state index contributed by atoms with van der Waals surface area (Å²) in [7, 11) is 1.67. The van der Waals surface area contributed by atoms with Crippen molar-refractivity contribution in [3.8, 4) is 17.1 Å². The van der Waals surface area contributed by atoms with Crippen LogP contribution < -0.4 is 0 Å². The number of halogens is 2. The van der Waals surface area contributed by atoms with Crippen molar-refractivity contribution in [1.82, 2.24) is 35.0 Å². The Morgan fingerprint density at radius 1 is 1.12 bits per heavy atom. The summed E-state index contributed by atoms with van der Waals surface area (Å²) < 4.78 is 23.0. The lowest BCUT2D eigenvalue weighted by atomic mass is 10.2. The van der Waals surface area contributed by atoms with Gasteiger partial charge in [0, 0.05) is 25.8 Å². The van der Waals surface area contributed by atoms with Crippen molar-refractivity contribution >= 4 is 23.4 Å². The van der Waals surface area contributed by atoms with Crippen LogP contribution in [-0.4, -0.2) is 48.7 Å². The monoisotopic (exact) mass is 473 g/mol. The van der Waals surface area contributed by atoms with Crippen LogP contribution in [0.5, 0.6) is 0 Å². The van der Waals surface area contributed by atoms with Crippen LogP contribution in [0.3, 0.4) is 0 Å². The highest BCUT2D eigenvalue weighted by Crippen LogP contribution is 2.30. The summed E-state index contributed by atoms with van der Waals surface area (Å²) in [6.45, 7) is 3.15. The first kappa shape index (κ1) is 22.4. The number of ether oxygens (including phenoxy) is 1. The minimum absolute atomic E-state index is 0.309. The number of hydrogen-bond acceptors (Lipinski definition) is 7. The Hall–Kier alpha value is -2.82. The molecule has 0 aliphatic carbocycles. The topological polar surface area (TPSA) is 83.5 Å². The molecule has 0 radical (unpaired) electrons. The summed E-state index contributed by atoms with van der Waals surface area (Å²) in [4.78, 5) is 0. The molecule has 0 atom stereocenters. The SMILES string of the molecule is COCCCn1c(SCc2nnnn2-c2cc(C)ccc2F)nnc1-c1ccccc1Cl. The average molecular weight is 474 g/mol. The van der Waals surface area contributed by atoms with Crippen LogP contribution in [0.2, 0.25) is 5.02 Å². The molecule has 166 valence electrons. The molecule has 2 aromatic heterocycles. The minimum atomic E-state index is -0.391. The van der Waals surface area contributed by atoms with E-state index >= 15 is 0 Å². The van der Waals surface area contributed by atoms with Gasteiger partial charge in [-0.25, -0.2) is 4.39 Å². The molecule has 32 heavy (non-hydrogen) atoms. The molecule has 0 bridgehead atoms. The minimum Gasteiger partial charge on any atom is -0.385 e. The van der Waals surface area contributed by atoms with Gasteiger partial charge < -0.3 is 9.30 Å². The van der Waals surface area contributed by atoms with E-state index in [9.17, 15) is 4.39 Å². The van der Waals surface area contributed by atoms with Gasteiger partial charge in [0.15, 0.2) is 16.8 Å². The molecule has 0 saturated carbocycles. The number of benzene rings is 2. The first-order chi connectivity index (χ1) is 15.6. The lowest BCUT2D eigenvalue weighted by molar-refractivity contribution is 0.189. The van der Waals surface area contributed by atoms with Gasteiger partial charge in [0.2, 0.25) is 0 Å². The van der Waals surface area contributed by atoms with Crippen molar-refractivity contribution in [2.45, 2.75) is 30.8 Å². The highest BCUT2D eigenvalue weighted by atomic mass is 35.5. The van der Waals surface area contributed by atoms with E-state index in [1.165, 1.54) is 22.5 Å². The number of hydrogen-bond donors (Lipinski definition) is 0. The molecule has 0 aliphatic heterocycles. The third kappa shape index (κ3) is 4.82. The Morgan fingerprint density at radius 3 is 2.78 bits per heavy atom. The zero-order chi connectivity index (χ0) is 22.5. The standard InChI is InChI=1S/C21H21ClFN7OS/c1-14-8-9-17(23)18(12-14)30-19(24-27-28-30)13-32-21-26-25-20(29(21)10-5-11-31-2)15-6-3-4-7-16(15)22/h3-4,6-9,12H,5,10-11,13H2,1-2H3. The third-order valence-electron chi connectivity index (χ3n) is 4.76. The molecular weight excluding hydrogens is 453 g/mol. The van der Waals surface area contributed by atoms with Crippen LogP contribution >= 0.6 is 23.4 Å². The van der Waals surface area contributed by atoms with E-state index in [4.69, 9.17) is 16.3 Å². The maximum Gasteiger partial charge on any atom is 0.191 e. The zero-order valence-corrected chi connectivity index (χ0v) is 19.1. The third-order valence-corrected chi connectivity index (χ3v) is 6.05. The van der Waals surface area contributed by atoms with Crippen LogP contribution in [0, 0.1) is 12.7 Å². The van der Waals surface area contributed by atoms with Gasteiger partial charge in [-0.2, -0.15) is 4.68 Å². The Kier molecular flexibility index (Phi) is 7.13. The number of methoxy groups -OCH3 is 1. The molecular formula is C21H21ClFN7OS. The van der Waals surface area contributed by atoms with Crippen molar-refractivity contribution in [3.63, 3.8) is 0 Å². The van der Waals surface area contributed by atoms with Gasteiger partial charge in [-0.05, 0) is 53.6 Å². The van der Waals surface area contributed by atoms with Crippen molar-refractivity contribution in [3.05, 3.63) is 64.7 Å². The molecule has 4 aromatic rings. The first-order valence-electron chi connectivity index (χ1n) is 9.92. The number of rotatable bonds is 9. The quantitative estimate of drug-likeness (QED) is 0.264. The van der Waals surface area contributed by atoms with Gasteiger partial charge in [-0.3, -0.25) is 0 Å².